The van der Waals surface area contributed by atoms with E-state index in [1.165, 1.54) is 44.6 Å². The fourth-order valence-corrected chi connectivity index (χ4v) is 4.16. The van der Waals surface area contributed by atoms with Gasteiger partial charge in [0.25, 0.3) is 15.9 Å². The number of fused-ring (bicyclic) bond motifs is 1. The molecule has 0 unspecified atom stereocenters. The summed E-state index contributed by atoms with van der Waals surface area (Å²) in [6.45, 7) is -0.599. The van der Waals surface area contributed by atoms with Gasteiger partial charge in [-0.3, -0.25) is 9.59 Å². The lowest BCUT2D eigenvalue weighted by atomic mass is 10.1. The molecule has 0 aromatic heterocycles. The van der Waals surface area contributed by atoms with E-state index in [4.69, 9.17) is 9.47 Å². The quantitative estimate of drug-likeness (QED) is 0.754. The number of Topliss-reactive ketones (excluding diaryl/α,β-unsaturated/α-hetero) is 1. The van der Waals surface area contributed by atoms with E-state index in [2.05, 4.69) is 0 Å². The van der Waals surface area contributed by atoms with Gasteiger partial charge in [-0.05, 0) is 24.3 Å². The first-order valence-electron chi connectivity index (χ1n) is 7.31. The fourth-order valence-electron chi connectivity index (χ4n) is 2.63. The SMILES string of the molecule is COc1ccc(C(=O)CN2C(=O)c3ccccc3S2(=O)=O)c(OC)c1. The second kappa shape index (κ2) is 6.21. The van der Waals surface area contributed by atoms with Crippen molar-refractivity contribution < 1.29 is 27.5 Å². The monoisotopic (exact) mass is 361 g/mol. The van der Waals surface area contributed by atoms with Gasteiger partial charge in [-0.25, -0.2) is 12.7 Å². The zero-order valence-electron chi connectivity index (χ0n) is 13.6. The lowest BCUT2D eigenvalue weighted by Gasteiger charge is -2.15. The smallest absolute Gasteiger partial charge is 0.269 e. The summed E-state index contributed by atoms with van der Waals surface area (Å²) >= 11 is 0. The largest absolute Gasteiger partial charge is 0.497 e. The number of methoxy groups -OCH3 is 2. The Balaban J connectivity index is 1.94. The Morgan fingerprint density at radius 1 is 1.08 bits per heavy atom. The first kappa shape index (κ1) is 17.0. The Morgan fingerprint density at radius 2 is 1.80 bits per heavy atom. The number of nitrogens with zero attached hydrogens (tertiary/aromatic N) is 1. The van der Waals surface area contributed by atoms with Crippen LogP contribution < -0.4 is 9.47 Å². The third kappa shape index (κ3) is 2.74. The Labute approximate surface area is 144 Å². The van der Waals surface area contributed by atoms with Gasteiger partial charge < -0.3 is 9.47 Å². The molecule has 0 fully saturated rings. The van der Waals surface area contributed by atoms with Crippen molar-refractivity contribution in [2.45, 2.75) is 4.90 Å². The summed E-state index contributed by atoms with van der Waals surface area (Å²) in [5.41, 5.74) is 0.235. The van der Waals surface area contributed by atoms with Crippen LogP contribution in [0.3, 0.4) is 0 Å². The van der Waals surface area contributed by atoms with E-state index in [1.54, 1.807) is 12.1 Å². The number of ketones is 1. The van der Waals surface area contributed by atoms with Crippen molar-refractivity contribution >= 4 is 21.7 Å². The molecule has 0 aliphatic carbocycles. The third-order valence-corrected chi connectivity index (χ3v) is 5.70. The molecule has 130 valence electrons. The Kier molecular flexibility index (Phi) is 4.22. The zero-order valence-corrected chi connectivity index (χ0v) is 14.4. The molecular formula is C17H15NO6S. The van der Waals surface area contributed by atoms with Crippen LogP contribution in [0.15, 0.2) is 47.4 Å². The first-order chi connectivity index (χ1) is 11.9. The van der Waals surface area contributed by atoms with E-state index < -0.39 is 28.3 Å². The molecule has 0 bridgehead atoms. The molecule has 25 heavy (non-hydrogen) atoms. The summed E-state index contributed by atoms with van der Waals surface area (Å²) in [7, 11) is -1.17. The van der Waals surface area contributed by atoms with Crippen LogP contribution in [0.1, 0.15) is 20.7 Å². The standard InChI is InChI=1S/C17H15NO6S/c1-23-11-7-8-12(15(9-11)24-2)14(19)10-18-17(20)13-5-3-4-6-16(13)25(18,21)22/h3-9H,10H2,1-2H3. The van der Waals surface area contributed by atoms with Gasteiger partial charge in [0.15, 0.2) is 5.78 Å². The van der Waals surface area contributed by atoms with Crippen molar-refractivity contribution in [1.82, 2.24) is 4.31 Å². The maximum atomic E-state index is 12.6. The molecule has 0 N–H and O–H groups in total. The lowest BCUT2D eigenvalue weighted by molar-refractivity contribution is 0.0819. The highest BCUT2D eigenvalue weighted by molar-refractivity contribution is 7.90. The molecule has 3 rings (SSSR count). The van der Waals surface area contributed by atoms with E-state index in [9.17, 15) is 18.0 Å². The lowest BCUT2D eigenvalue weighted by Crippen LogP contribution is -2.35. The molecular weight excluding hydrogens is 346 g/mol. The predicted molar refractivity (Wildman–Crippen MR) is 88.5 cm³/mol. The molecule has 2 aromatic rings. The summed E-state index contributed by atoms with van der Waals surface area (Å²) in [5, 5.41) is 0. The van der Waals surface area contributed by atoms with Crippen molar-refractivity contribution in [3.8, 4) is 11.5 Å². The van der Waals surface area contributed by atoms with Gasteiger partial charge in [-0.15, -0.1) is 0 Å². The highest BCUT2D eigenvalue weighted by Crippen LogP contribution is 2.31. The number of hydrogen-bond acceptors (Lipinski definition) is 6. The van der Waals surface area contributed by atoms with Gasteiger partial charge in [-0.2, -0.15) is 0 Å². The molecule has 1 amide bonds. The Hall–Kier alpha value is -2.87. The number of carbonyl (C=O) groups is 2. The number of sulfonamides is 1. The normalized spacial score (nSPS) is 15.0. The van der Waals surface area contributed by atoms with Crippen LogP contribution >= 0.6 is 0 Å². The van der Waals surface area contributed by atoms with Gasteiger partial charge in [0, 0.05) is 6.07 Å². The predicted octanol–water partition coefficient (Wildman–Crippen LogP) is 1.73. The van der Waals surface area contributed by atoms with Gasteiger partial charge in [0.05, 0.1) is 25.3 Å². The van der Waals surface area contributed by atoms with E-state index >= 15 is 0 Å². The second-order valence-corrected chi connectivity index (χ2v) is 7.13. The van der Waals surface area contributed by atoms with E-state index in [1.807, 2.05) is 0 Å². The van der Waals surface area contributed by atoms with Crippen molar-refractivity contribution in [2.75, 3.05) is 20.8 Å². The van der Waals surface area contributed by atoms with Crippen LogP contribution in [-0.4, -0.2) is 45.2 Å². The molecule has 1 aliphatic rings. The van der Waals surface area contributed by atoms with Gasteiger partial charge >= 0.3 is 0 Å². The summed E-state index contributed by atoms with van der Waals surface area (Å²) in [5.74, 6) is -0.530. The average molecular weight is 361 g/mol. The molecule has 2 aromatic carbocycles. The molecule has 0 saturated heterocycles. The number of rotatable bonds is 5. The average Bonchev–Trinajstić information content (AvgIpc) is 2.82. The minimum absolute atomic E-state index is 0.0667. The zero-order chi connectivity index (χ0) is 18.2. The summed E-state index contributed by atoms with van der Waals surface area (Å²) in [4.78, 5) is 24.9. The number of amides is 1. The summed E-state index contributed by atoms with van der Waals surface area (Å²) < 4.78 is 35.8. The molecule has 0 saturated carbocycles. The fraction of sp³-hybridized carbons (Fsp3) is 0.176. The van der Waals surface area contributed by atoms with Crippen LogP contribution in [0.4, 0.5) is 0 Å². The molecule has 1 aliphatic heterocycles. The molecule has 8 heteroatoms. The molecule has 7 nitrogen and oxygen atoms in total. The van der Waals surface area contributed by atoms with Crippen LogP contribution in [-0.2, 0) is 10.0 Å². The summed E-state index contributed by atoms with van der Waals surface area (Å²) in [6, 6.07) is 10.4. The van der Waals surface area contributed by atoms with Gasteiger partial charge in [0.1, 0.15) is 22.9 Å². The molecule has 1 heterocycles. The van der Waals surface area contributed by atoms with E-state index in [0.717, 1.165) is 0 Å². The van der Waals surface area contributed by atoms with E-state index in [-0.39, 0.29) is 21.8 Å². The second-order valence-electron chi connectivity index (χ2n) is 5.30. The highest BCUT2D eigenvalue weighted by Gasteiger charge is 2.42. The van der Waals surface area contributed by atoms with Crippen LogP contribution in [0.2, 0.25) is 0 Å². The molecule has 0 atom stereocenters. The highest BCUT2D eigenvalue weighted by atomic mass is 32.2. The number of benzene rings is 2. The third-order valence-electron chi connectivity index (χ3n) is 3.91. The number of ether oxygens (including phenoxy) is 2. The van der Waals surface area contributed by atoms with Crippen LogP contribution in [0, 0.1) is 0 Å². The number of hydrogen-bond donors (Lipinski definition) is 0. The number of carbonyl (C=O) groups excluding carboxylic acids is 2. The van der Waals surface area contributed by atoms with Gasteiger partial charge in [-0.1, -0.05) is 12.1 Å². The Morgan fingerprint density at radius 3 is 2.44 bits per heavy atom. The summed E-state index contributed by atoms with van der Waals surface area (Å²) in [6.07, 6.45) is 0. The maximum absolute atomic E-state index is 12.6. The van der Waals surface area contributed by atoms with E-state index in [0.29, 0.717) is 10.1 Å². The van der Waals surface area contributed by atoms with Crippen molar-refractivity contribution in [1.29, 1.82) is 0 Å². The minimum atomic E-state index is -4.03. The Bertz CT molecular complexity index is 967. The first-order valence-corrected chi connectivity index (χ1v) is 8.75. The minimum Gasteiger partial charge on any atom is -0.497 e. The molecule has 0 spiro atoms. The van der Waals surface area contributed by atoms with Crippen LogP contribution in [0.25, 0.3) is 0 Å². The van der Waals surface area contributed by atoms with Crippen molar-refractivity contribution in [3.63, 3.8) is 0 Å². The van der Waals surface area contributed by atoms with Crippen molar-refractivity contribution in [2.24, 2.45) is 0 Å². The molecule has 0 radical (unpaired) electrons. The van der Waals surface area contributed by atoms with Crippen molar-refractivity contribution in [3.05, 3.63) is 53.6 Å². The van der Waals surface area contributed by atoms with Crippen LogP contribution in [0.5, 0.6) is 11.5 Å². The topological polar surface area (TPSA) is 90.0 Å². The maximum Gasteiger partial charge on any atom is 0.269 e. The van der Waals surface area contributed by atoms with Gasteiger partial charge in [0.2, 0.25) is 0 Å².